The van der Waals surface area contributed by atoms with E-state index >= 15 is 0 Å². The summed E-state index contributed by atoms with van der Waals surface area (Å²) in [6, 6.07) is 0.0185. The van der Waals surface area contributed by atoms with E-state index in [1.807, 2.05) is 6.08 Å². The molecule has 3 unspecified atom stereocenters. The second kappa shape index (κ2) is 5.45. The monoisotopic (exact) mass is 315 g/mol. The number of nitrogens with zero attached hydrogens (tertiary/aromatic N) is 1. The molecule has 3 aliphatic carbocycles. The molecule has 0 spiro atoms. The van der Waals surface area contributed by atoms with Crippen LogP contribution in [0.3, 0.4) is 0 Å². The maximum atomic E-state index is 10.8. The predicted molar refractivity (Wildman–Crippen MR) is 88.8 cm³/mol. The molecular formula is C19H25NO3. The van der Waals surface area contributed by atoms with E-state index < -0.39 is 0 Å². The van der Waals surface area contributed by atoms with Gasteiger partial charge in [-0.3, -0.25) is 4.57 Å². The highest BCUT2D eigenvalue weighted by molar-refractivity contribution is 5.59. The lowest BCUT2D eigenvalue weighted by molar-refractivity contribution is 0.0899. The highest BCUT2D eigenvalue weighted by atomic mass is 16.3. The van der Waals surface area contributed by atoms with Gasteiger partial charge in [-0.15, -0.1) is 6.58 Å². The summed E-state index contributed by atoms with van der Waals surface area (Å²) in [5, 5.41) is 31.4. The van der Waals surface area contributed by atoms with Crippen LogP contribution < -0.4 is 0 Å². The largest absolute Gasteiger partial charge is 0.494 e. The Balaban J connectivity index is 1.72. The molecule has 1 heterocycles. The fraction of sp³-hybridized carbons (Fsp3) is 0.579. The van der Waals surface area contributed by atoms with Gasteiger partial charge in [0.2, 0.25) is 0 Å². The summed E-state index contributed by atoms with van der Waals surface area (Å²) in [7, 11) is 0. The highest BCUT2D eigenvalue weighted by Crippen LogP contribution is 2.58. The second-order valence-electron chi connectivity index (χ2n) is 7.34. The summed E-state index contributed by atoms with van der Waals surface area (Å²) in [5.74, 6) is 1.34. The minimum Gasteiger partial charge on any atom is -0.494 e. The van der Waals surface area contributed by atoms with Crippen molar-refractivity contribution in [3.8, 4) is 11.8 Å². The van der Waals surface area contributed by atoms with E-state index in [0.29, 0.717) is 5.92 Å². The number of aliphatic hydroxyl groups excluding tert-OH is 1. The van der Waals surface area contributed by atoms with Gasteiger partial charge in [-0.1, -0.05) is 18.2 Å². The molecule has 3 N–H and O–H groups in total. The molecule has 4 rings (SSSR count). The minimum atomic E-state index is -0.201. The van der Waals surface area contributed by atoms with Gasteiger partial charge in [-0.2, -0.15) is 0 Å². The molecule has 1 fully saturated rings. The van der Waals surface area contributed by atoms with Gasteiger partial charge in [0.1, 0.15) is 0 Å². The van der Waals surface area contributed by atoms with Crippen LogP contribution >= 0.6 is 0 Å². The van der Waals surface area contributed by atoms with Crippen molar-refractivity contribution in [1.29, 1.82) is 0 Å². The molecule has 0 amide bonds. The van der Waals surface area contributed by atoms with E-state index in [4.69, 9.17) is 0 Å². The third kappa shape index (κ3) is 2.15. The third-order valence-corrected chi connectivity index (χ3v) is 6.08. The third-order valence-electron chi connectivity index (χ3n) is 6.08. The first kappa shape index (κ1) is 14.9. The van der Waals surface area contributed by atoms with Crippen LogP contribution in [0.5, 0.6) is 11.8 Å². The summed E-state index contributed by atoms with van der Waals surface area (Å²) >= 11 is 0. The zero-order chi connectivity index (χ0) is 16.1. The molecular weight excluding hydrogens is 290 g/mol. The first-order chi connectivity index (χ1) is 11.1. The Morgan fingerprint density at radius 1 is 1.09 bits per heavy atom. The average molecular weight is 315 g/mol. The van der Waals surface area contributed by atoms with E-state index in [1.54, 1.807) is 4.57 Å². The summed E-state index contributed by atoms with van der Waals surface area (Å²) in [6.45, 7) is 3.86. The van der Waals surface area contributed by atoms with Crippen LogP contribution in [0.1, 0.15) is 67.5 Å². The van der Waals surface area contributed by atoms with Crippen LogP contribution in [-0.2, 0) is 0 Å². The van der Waals surface area contributed by atoms with E-state index in [9.17, 15) is 15.3 Å². The Morgan fingerprint density at radius 3 is 2.17 bits per heavy atom. The molecule has 0 radical (unpaired) electrons. The summed E-state index contributed by atoms with van der Waals surface area (Å²) < 4.78 is 1.75. The van der Waals surface area contributed by atoms with Crippen molar-refractivity contribution in [2.75, 3.05) is 0 Å². The molecule has 4 nitrogen and oxygen atoms in total. The van der Waals surface area contributed by atoms with E-state index in [1.165, 1.54) is 0 Å². The first-order valence-corrected chi connectivity index (χ1v) is 8.75. The van der Waals surface area contributed by atoms with E-state index in [-0.39, 0.29) is 35.7 Å². The number of hydrogen-bond donors (Lipinski definition) is 3. The van der Waals surface area contributed by atoms with Gasteiger partial charge in [0, 0.05) is 29.0 Å². The molecule has 2 bridgehead atoms. The standard InChI is InChI=1S/C19H25NO3/c1-2-3-15(11-6-8-14(21)9-7-11)20-18(22)16-12-4-5-13(10-12)17(16)19(20)23/h2,4-5,11-15,21-23H,1,3,6-10H2. The van der Waals surface area contributed by atoms with Gasteiger partial charge in [0.15, 0.2) is 11.8 Å². The molecule has 1 saturated carbocycles. The molecule has 0 saturated heterocycles. The Labute approximate surface area is 136 Å². The van der Waals surface area contributed by atoms with Crippen LogP contribution in [0.4, 0.5) is 0 Å². The van der Waals surface area contributed by atoms with Gasteiger partial charge >= 0.3 is 0 Å². The van der Waals surface area contributed by atoms with Crippen LogP contribution in [0.15, 0.2) is 24.8 Å². The lowest BCUT2D eigenvalue weighted by Gasteiger charge is -2.33. The number of fused-ring (bicyclic) bond motifs is 5. The zero-order valence-corrected chi connectivity index (χ0v) is 13.4. The van der Waals surface area contributed by atoms with Crippen molar-refractivity contribution in [3.63, 3.8) is 0 Å². The van der Waals surface area contributed by atoms with Crippen molar-refractivity contribution < 1.29 is 15.3 Å². The minimum absolute atomic E-state index is 0.0185. The summed E-state index contributed by atoms with van der Waals surface area (Å²) in [4.78, 5) is 0. The van der Waals surface area contributed by atoms with Gasteiger partial charge in [-0.25, -0.2) is 0 Å². The number of aliphatic hydroxyl groups is 1. The normalized spacial score (nSPS) is 32.9. The number of aromatic nitrogens is 1. The average Bonchev–Trinajstić information content (AvgIpc) is 3.21. The Kier molecular flexibility index (Phi) is 3.52. The molecule has 3 aliphatic rings. The van der Waals surface area contributed by atoms with Crippen molar-refractivity contribution in [1.82, 2.24) is 4.57 Å². The lowest BCUT2D eigenvalue weighted by atomic mass is 9.81. The fourth-order valence-electron chi connectivity index (χ4n) is 4.94. The van der Waals surface area contributed by atoms with Crippen molar-refractivity contribution in [2.45, 2.75) is 62.5 Å². The van der Waals surface area contributed by atoms with Crippen LogP contribution in [0.25, 0.3) is 0 Å². The molecule has 0 aliphatic heterocycles. The molecule has 0 aromatic carbocycles. The van der Waals surface area contributed by atoms with Crippen LogP contribution in [0, 0.1) is 5.92 Å². The van der Waals surface area contributed by atoms with E-state index in [2.05, 4.69) is 18.7 Å². The second-order valence-corrected chi connectivity index (χ2v) is 7.34. The Bertz CT molecular complexity index is 617. The summed E-state index contributed by atoms with van der Waals surface area (Å²) in [6.07, 6.45) is 11.1. The molecule has 1 aromatic rings. The van der Waals surface area contributed by atoms with Crippen molar-refractivity contribution in [3.05, 3.63) is 35.9 Å². The Hall–Kier alpha value is -1.68. The van der Waals surface area contributed by atoms with Crippen molar-refractivity contribution in [2.24, 2.45) is 5.92 Å². The van der Waals surface area contributed by atoms with E-state index in [0.717, 1.165) is 49.7 Å². The van der Waals surface area contributed by atoms with Gasteiger partial charge in [0.05, 0.1) is 6.10 Å². The Morgan fingerprint density at radius 2 is 1.65 bits per heavy atom. The predicted octanol–water partition coefficient (Wildman–Crippen LogP) is 3.71. The van der Waals surface area contributed by atoms with Crippen LogP contribution in [-0.4, -0.2) is 26.0 Å². The van der Waals surface area contributed by atoms with Crippen LogP contribution in [0.2, 0.25) is 0 Å². The highest BCUT2D eigenvalue weighted by Gasteiger charge is 2.43. The summed E-state index contributed by atoms with van der Waals surface area (Å²) in [5.41, 5.74) is 1.86. The zero-order valence-electron chi connectivity index (χ0n) is 13.4. The maximum Gasteiger partial charge on any atom is 0.198 e. The van der Waals surface area contributed by atoms with Gasteiger partial charge < -0.3 is 15.3 Å². The molecule has 4 heteroatoms. The van der Waals surface area contributed by atoms with Gasteiger partial charge in [-0.05, 0) is 44.4 Å². The smallest absolute Gasteiger partial charge is 0.198 e. The fourth-order valence-corrected chi connectivity index (χ4v) is 4.94. The molecule has 124 valence electrons. The number of rotatable bonds is 4. The number of allylic oxidation sites excluding steroid dienone is 3. The van der Waals surface area contributed by atoms with Crippen molar-refractivity contribution >= 4 is 0 Å². The molecule has 23 heavy (non-hydrogen) atoms. The SMILES string of the molecule is C=CCC(C1CCC(O)CC1)n1c(O)c2c(c1O)C1C=CC2C1. The quantitative estimate of drug-likeness (QED) is 0.742. The van der Waals surface area contributed by atoms with Gasteiger partial charge in [0.25, 0.3) is 0 Å². The maximum absolute atomic E-state index is 10.8. The molecule has 1 aromatic heterocycles. The molecule has 3 atom stereocenters. The number of aromatic hydroxyl groups is 2. The first-order valence-electron chi connectivity index (χ1n) is 8.75. The lowest BCUT2D eigenvalue weighted by Crippen LogP contribution is -2.26. The topological polar surface area (TPSA) is 65.6 Å². The number of hydrogen-bond acceptors (Lipinski definition) is 3.